The molecule has 1 atom stereocenters. The number of nitrogens with one attached hydrogen (secondary N) is 4. The highest BCUT2D eigenvalue weighted by Gasteiger charge is 2.23. The van der Waals surface area contributed by atoms with Gasteiger partial charge < -0.3 is 20.5 Å². The quantitative estimate of drug-likeness (QED) is 0.111. The molecule has 10 heteroatoms. The van der Waals surface area contributed by atoms with Crippen LogP contribution in [0.5, 0.6) is 11.5 Å². The molecule has 0 bridgehead atoms. The minimum atomic E-state index is -0.947. The van der Waals surface area contributed by atoms with E-state index in [4.69, 9.17) is 20.6 Å². The number of amidine groups is 1. The van der Waals surface area contributed by atoms with Crippen LogP contribution >= 0.6 is 0 Å². The number of pyridine rings is 1. The largest absolute Gasteiger partial charge is 0.486 e. The van der Waals surface area contributed by atoms with Gasteiger partial charge in [-0.15, -0.1) is 0 Å². The Bertz CT molecular complexity index is 1260. The Labute approximate surface area is 214 Å². The number of hydrogen-bond acceptors (Lipinski definition) is 7. The third kappa shape index (κ3) is 7.43. The summed E-state index contributed by atoms with van der Waals surface area (Å²) in [5.74, 6) is -0.250. The summed E-state index contributed by atoms with van der Waals surface area (Å²) < 4.78 is 11.4. The molecule has 3 rings (SSSR count). The Hall–Kier alpha value is -5.12. The van der Waals surface area contributed by atoms with E-state index < -0.39 is 17.9 Å². The molecule has 0 saturated heterocycles. The number of rotatable bonds is 12. The molecule has 1 unspecified atom stereocenters. The molecular formula is C27H28N6O4. The van der Waals surface area contributed by atoms with Crippen molar-refractivity contribution in [2.24, 2.45) is 5.73 Å². The zero-order valence-electron chi connectivity index (χ0n) is 20.1. The van der Waals surface area contributed by atoms with Crippen LogP contribution in [-0.4, -0.2) is 35.8 Å². The lowest BCUT2D eigenvalue weighted by Crippen LogP contribution is -2.45. The van der Waals surface area contributed by atoms with Gasteiger partial charge in [0.15, 0.2) is 11.5 Å². The molecule has 1 aromatic heterocycles. The van der Waals surface area contributed by atoms with Crippen LogP contribution in [0.3, 0.4) is 0 Å². The van der Waals surface area contributed by atoms with Crippen molar-refractivity contribution in [3.8, 4) is 11.5 Å². The molecule has 3 aromatic rings. The first-order chi connectivity index (χ1) is 17.9. The van der Waals surface area contributed by atoms with E-state index in [1.54, 1.807) is 72.9 Å². The van der Waals surface area contributed by atoms with Gasteiger partial charge in [-0.3, -0.25) is 30.8 Å². The predicted octanol–water partition coefficient (Wildman–Crippen LogP) is 3.11. The lowest BCUT2D eigenvalue weighted by molar-refractivity contribution is -0.122. The number of anilines is 1. The third-order valence-electron chi connectivity index (χ3n) is 5.01. The smallest absolute Gasteiger partial charge is 0.271 e. The van der Waals surface area contributed by atoms with Crippen molar-refractivity contribution in [1.82, 2.24) is 15.8 Å². The minimum Gasteiger partial charge on any atom is -0.486 e. The Morgan fingerprint density at radius 3 is 2.30 bits per heavy atom. The van der Waals surface area contributed by atoms with Crippen LogP contribution in [0, 0.1) is 5.41 Å². The molecule has 1 heterocycles. The summed E-state index contributed by atoms with van der Waals surface area (Å²) >= 11 is 0. The highest BCUT2D eigenvalue weighted by molar-refractivity contribution is 5.96. The van der Waals surface area contributed by atoms with Crippen LogP contribution in [-0.2, 0) is 4.79 Å². The molecule has 2 aromatic carbocycles. The fourth-order valence-corrected chi connectivity index (χ4v) is 3.21. The van der Waals surface area contributed by atoms with E-state index in [0.717, 1.165) is 0 Å². The highest BCUT2D eigenvalue weighted by atomic mass is 16.5. The standard InChI is InChI=1S/C27H28N6O4/c1-3-14-36-22-12-9-19(16-23(22)37-15-4-2)24(31-21-10-7-18(8-11-21)25(28)29)27(35)33-32-26(34)20-6-5-13-30-17-20/h3-13,16-17,24,31H,1-2,14-15H2,(H3,28,29)(H,32,34)(H,33,35). The second kappa shape index (κ2) is 13.1. The van der Waals surface area contributed by atoms with Gasteiger partial charge in [0, 0.05) is 23.6 Å². The number of amides is 2. The van der Waals surface area contributed by atoms with Crippen molar-refractivity contribution in [1.29, 1.82) is 5.41 Å². The Kier molecular flexibility index (Phi) is 9.38. The van der Waals surface area contributed by atoms with E-state index in [-0.39, 0.29) is 24.6 Å². The van der Waals surface area contributed by atoms with Crippen molar-refractivity contribution >= 4 is 23.3 Å². The average molecular weight is 501 g/mol. The van der Waals surface area contributed by atoms with E-state index in [9.17, 15) is 9.59 Å². The molecule has 0 aliphatic heterocycles. The molecule has 6 N–H and O–H groups in total. The number of aromatic nitrogens is 1. The first-order valence-electron chi connectivity index (χ1n) is 11.3. The van der Waals surface area contributed by atoms with E-state index in [1.807, 2.05) is 0 Å². The van der Waals surface area contributed by atoms with E-state index in [2.05, 4.69) is 34.3 Å². The first-order valence-corrected chi connectivity index (χ1v) is 11.3. The summed E-state index contributed by atoms with van der Waals surface area (Å²) in [4.78, 5) is 29.6. The van der Waals surface area contributed by atoms with E-state index in [0.29, 0.717) is 28.3 Å². The summed E-state index contributed by atoms with van der Waals surface area (Å²) in [5.41, 5.74) is 12.4. The number of hydrogen-bond donors (Lipinski definition) is 5. The fourth-order valence-electron chi connectivity index (χ4n) is 3.21. The summed E-state index contributed by atoms with van der Waals surface area (Å²) in [7, 11) is 0. The van der Waals surface area contributed by atoms with Crippen molar-refractivity contribution in [3.05, 3.63) is 109 Å². The summed E-state index contributed by atoms with van der Waals surface area (Å²) in [6.45, 7) is 7.82. The summed E-state index contributed by atoms with van der Waals surface area (Å²) in [5, 5.41) is 10.7. The molecular weight excluding hydrogens is 472 g/mol. The van der Waals surface area contributed by atoms with Crippen LogP contribution in [0.1, 0.15) is 27.5 Å². The van der Waals surface area contributed by atoms with Gasteiger partial charge >= 0.3 is 0 Å². The number of hydrazine groups is 1. The van der Waals surface area contributed by atoms with Crippen molar-refractivity contribution in [3.63, 3.8) is 0 Å². The fraction of sp³-hybridized carbons (Fsp3) is 0.111. The van der Waals surface area contributed by atoms with Gasteiger partial charge in [0.25, 0.3) is 11.8 Å². The van der Waals surface area contributed by atoms with Crippen LogP contribution < -0.4 is 31.4 Å². The Morgan fingerprint density at radius 2 is 1.68 bits per heavy atom. The van der Waals surface area contributed by atoms with Crippen LogP contribution in [0.25, 0.3) is 0 Å². The normalized spacial score (nSPS) is 10.9. The lowest BCUT2D eigenvalue weighted by atomic mass is 10.0. The van der Waals surface area contributed by atoms with Gasteiger partial charge in [0.2, 0.25) is 0 Å². The maximum atomic E-state index is 13.3. The van der Waals surface area contributed by atoms with Gasteiger partial charge in [-0.25, -0.2) is 0 Å². The van der Waals surface area contributed by atoms with Gasteiger partial charge in [-0.1, -0.05) is 31.4 Å². The second-order valence-electron chi connectivity index (χ2n) is 7.66. The average Bonchev–Trinajstić information content (AvgIpc) is 2.93. The predicted molar refractivity (Wildman–Crippen MR) is 141 cm³/mol. The van der Waals surface area contributed by atoms with Crippen molar-refractivity contribution in [2.45, 2.75) is 6.04 Å². The van der Waals surface area contributed by atoms with Crippen molar-refractivity contribution < 1.29 is 19.1 Å². The maximum Gasteiger partial charge on any atom is 0.271 e. The Balaban J connectivity index is 1.89. The molecule has 0 radical (unpaired) electrons. The zero-order valence-corrected chi connectivity index (χ0v) is 20.1. The molecule has 0 aliphatic carbocycles. The number of carbonyl (C=O) groups is 2. The number of ether oxygens (including phenoxy) is 2. The van der Waals surface area contributed by atoms with E-state index in [1.165, 1.54) is 6.20 Å². The highest BCUT2D eigenvalue weighted by Crippen LogP contribution is 2.32. The van der Waals surface area contributed by atoms with Gasteiger partial charge in [-0.2, -0.15) is 0 Å². The molecule has 37 heavy (non-hydrogen) atoms. The van der Waals surface area contributed by atoms with Gasteiger partial charge in [0.05, 0.1) is 5.56 Å². The number of nitrogens with zero attached hydrogens (tertiary/aromatic N) is 1. The van der Waals surface area contributed by atoms with Crippen LogP contribution in [0.2, 0.25) is 0 Å². The second-order valence-corrected chi connectivity index (χ2v) is 7.66. The number of nitrogens with two attached hydrogens (primary N) is 1. The van der Waals surface area contributed by atoms with Crippen LogP contribution in [0.15, 0.2) is 92.3 Å². The first kappa shape index (κ1) is 26.5. The molecule has 2 amide bonds. The van der Waals surface area contributed by atoms with Crippen molar-refractivity contribution in [2.75, 3.05) is 18.5 Å². The molecule has 190 valence electrons. The molecule has 0 spiro atoms. The summed E-state index contributed by atoms with van der Waals surface area (Å²) in [6.07, 6.45) is 6.13. The monoisotopic (exact) mass is 500 g/mol. The number of nitrogen functional groups attached to an aromatic ring is 1. The van der Waals surface area contributed by atoms with E-state index >= 15 is 0 Å². The molecule has 10 nitrogen and oxygen atoms in total. The lowest BCUT2D eigenvalue weighted by Gasteiger charge is -2.22. The maximum absolute atomic E-state index is 13.3. The number of benzene rings is 2. The summed E-state index contributed by atoms with van der Waals surface area (Å²) in [6, 6.07) is 14.0. The topological polar surface area (TPSA) is 151 Å². The van der Waals surface area contributed by atoms with Crippen LogP contribution in [0.4, 0.5) is 5.69 Å². The molecule has 0 saturated carbocycles. The minimum absolute atomic E-state index is 0.0712. The molecule has 0 aliphatic rings. The Morgan fingerprint density at radius 1 is 0.973 bits per heavy atom. The third-order valence-corrected chi connectivity index (χ3v) is 5.01. The SMILES string of the molecule is C=CCOc1ccc(C(Nc2ccc(C(=N)N)cc2)C(=O)NNC(=O)c2cccnc2)cc1OCC=C. The molecule has 0 fully saturated rings. The zero-order chi connectivity index (χ0) is 26.6. The number of carbonyl (C=O) groups excluding carboxylic acids is 2. The van der Waals surface area contributed by atoms with Gasteiger partial charge in [-0.05, 0) is 54.1 Å². The van der Waals surface area contributed by atoms with Gasteiger partial charge in [0.1, 0.15) is 25.1 Å².